The van der Waals surface area contributed by atoms with Gasteiger partial charge in [-0.05, 0) is 53.2 Å². The Balaban J connectivity index is -0.000001000. The van der Waals surface area contributed by atoms with Crippen LogP contribution in [0.3, 0.4) is 0 Å². The van der Waals surface area contributed by atoms with E-state index in [9.17, 15) is 0 Å². The van der Waals surface area contributed by atoms with Gasteiger partial charge in [0.15, 0.2) is 0 Å². The molecule has 0 atom stereocenters. The predicted octanol–water partition coefficient (Wildman–Crippen LogP) is 4.05. The largest absolute Gasteiger partial charge is 0.670 e. The van der Waals surface area contributed by atoms with Crippen molar-refractivity contribution in [1.82, 2.24) is 0 Å². The Kier molecular flexibility index (Phi) is 20.4. The van der Waals surface area contributed by atoms with E-state index in [2.05, 4.69) is 52.5 Å². The maximum absolute atomic E-state index is 3.75. The van der Waals surface area contributed by atoms with E-state index in [-0.39, 0.29) is 131 Å². The molecule has 23 heavy (non-hydrogen) atoms. The fraction of sp³-hybridized carbons (Fsp3) is 0.0588. The summed E-state index contributed by atoms with van der Waals surface area (Å²) in [6.45, 7) is 0. The van der Waals surface area contributed by atoms with Gasteiger partial charge in [-0.1, -0.05) is 24.3 Å². The number of rotatable bonds is 4. The molecule has 112 valence electrons. The normalized spacial score (nSPS) is 8.52. The molecule has 0 bridgehead atoms. The SMILES string of the molecule is [CH2-]N([CH2-])c1ccc(Cc2ccc(N([CH2-])[CH2-])cc2)cc1.[Y].[Y].[Y].[Y]. The first-order valence-corrected chi connectivity index (χ1v) is 6.06. The number of hydrogen-bond donors (Lipinski definition) is 0. The molecule has 6 heteroatoms. The molecule has 2 aromatic carbocycles. The van der Waals surface area contributed by atoms with Crippen LogP contribution in [0.1, 0.15) is 11.1 Å². The first-order valence-electron chi connectivity index (χ1n) is 6.06. The Morgan fingerprint density at radius 1 is 0.522 bits per heavy atom. The third kappa shape index (κ3) is 10.4. The molecule has 0 saturated carbocycles. The van der Waals surface area contributed by atoms with Gasteiger partial charge < -0.3 is 9.80 Å². The van der Waals surface area contributed by atoms with E-state index in [1.807, 2.05) is 24.3 Å². The van der Waals surface area contributed by atoms with Crippen LogP contribution < -0.4 is 9.80 Å². The zero-order valence-corrected chi connectivity index (χ0v) is 24.7. The zero-order valence-electron chi connectivity index (χ0n) is 13.4. The molecule has 2 aromatic rings. The topological polar surface area (TPSA) is 6.48 Å². The summed E-state index contributed by atoms with van der Waals surface area (Å²) < 4.78 is 0. The monoisotopic (exact) mass is 606 g/mol. The van der Waals surface area contributed by atoms with Crippen LogP contribution >= 0.6 is 0 Å². The van der Waals surface area contributed by atoms with Crippen molar-refractivity contribution in [2.24, 2.45) is 0 Å². The average molecular weight is 606 g/mol. The molecule has 0 aromatic heterocycles. The minimum atomic E-state index is 0. The van der Waals surface area contributed by atoms with Gasteiger partial charge >= 0.3 is 0 Å². The van der Waals surface area contributed by atoms with Gasteiger partial charge in [0.2, 0.25) is 0 Å². The van der Waals surface area contributed by atoms with Crippen molar-refractivity contribution >= 4 is 11.4 Å². The van der Waals surface area contributed by atoms with Crippen LogP contribution in [-0.2, 0) is 137 Å². The quantitative estimate of drug-likeness (QED) is 0.486. The fourth-order valence-corrected chi connectivity index (χ4v) is 1.88. The zero-order chi connectivity index (χ0) is 13.8. The minimum Gasteiger partial charge on any atom is -0.670 e. The van der Waals surface area contributed by atoms with Crippen LogP contribution in [0.15, 0.2) is 48.5 Å². The van der Waals surface area contributed by atoms with E-state index in [1.54, 1.807) is 9.80 Å². The van der Waals surface area contributed by atoms with E-state index in [1.165, 1.54) is 11.1 Å². The fourth-order valence-electron chi connectivity index (χ4n) is 1.88. The number of benzene rings is 2. The van der Waals surface area contributed by atoms with Gasteiger partial charge in [0.05, 0.1) is 0 Å². The smallest absolute Gasteiger partial charge is 0 e. The van der Waals surface area contributed by atoms with Gasteiger partial charge in [0, 0.05) is 131 Å². The van der Waals surface area contributed by atoms with Crippen LogP contribution in [0, 0.1) is 28.2 Å². The van der Waals surface area contributed by atoms with Gasteiger partial charge in [-0.15, -0.1) is 0 Å². The summed E-state index contributed by atoms with van der Waals surface area (Å²) in [5.74, 6) is 0. The van der Waals surface area contributed by atoms with E-state index >= 15 is 0 Å². The molecule has 2 nitrogen and oxygen atoms in total. The second-order valence-electron chi connectivity index (χ2n) is 4.59. The van der Waals surface area contributed by atoms with Crippen LogP contribution in [0.5, 0.6) is 0 Å². The van der Waals surface area contributed by atoms with Crippen LogP contribution in [0.4, 0.5) is 11.4 Å². The molecule has 0 aliphatic carbocycles. The molecule has 4 radical (unpaired) electrons. The molecular weight excluding hydrogens is 588 g/mol. The second kappa shape index (κ2) is 15.5. The summed E-state index contributed by atoms with van der Waals surface area (Å²) in [4.78, 5) is 3.21. The molecule has 0 aliphatic heterocycles. The Hall–Kier alpha value is 2.46. The number of anilines is 2. The standard InChI is InChI=1S/C17H18N2.4Y/c1-18(2)16-9-5-14(6-10-16)13-15-7-11-17(12-8-15)19(3)4;;;;/h5-12H,1-4,13H2;;;;/q-4;;;;. The van der Waals surface area contributed by atoms with Gasteiger partial charge in [-0.3, -0.25) is 28.2 Å². The average Bonchev–Trinajstić information content (AvgIpc) is 2.40. The third-order valence-corrected chi connectivity index (χ3v) is 3.01. The summed E-state index contributed by atoms with van der Waals surface area (Å²) in [5, 5.41) is 0. The molecule has 0 unspecified atom stereocenters. The number of hydrogen-bond acceptors (Lipinski definition) is 2. The Morgan fingerprint density at radius 3 is 1.00 bits per heavy atom. The summed E-state index contributed by atoms with van der Waals surface area (Å²) in [5.41, 5.74) is 4.53. The van der Waals surface area contributed by atoms with Gasteiger partial charge in [0.1, 0.15) is 0 Å². The van der Waals surface area contributed by atoms with E-state index in [0.717, 1.165) is 17.8 Å². The molecule has 0 amide bonds. The second-order valence-corrected chi connectivity index (χ2v) is 4.59. The van der Waals surface area contributed by atoms with Crippen molar-refractivity contribution in [3.8, 4) is 0 Å². The Morgan fingerprint density at radius 2 is 0.783 bits per heavy atom. The number of nitrogens with zero attached hydrogens (tertiary/aromatic N) is 2. The molecular formula is C17H18N2Y4-4. The van der Waals surface area contributed by atoms with Crippen molar-refractivity contribution in [3.63, 3.8) is 0 Å². The van der Waals surface area contributed by atoms with Crippen molar-refractivity contribution < 1.29 is 131 Å². The Labute approximate surface area is 241 Å². The molecule has 0 saturated heterocycles. The van der Waals surface area contributed by atoms with Crippen LogP contribution in [-0.4, -0.2) is 0 Å². The summed E-state index contributed by atoms with van der Waals surface area (Å²) in [6.07, 6.45) is 0.906. The third-order valence-electron chi connectivity index (χ3n) is 3.01. The first-order chi connectivity index (χ1) is 9.06. The molecule has 0 N–H and O–H groups in total. The van der Waals surface area contributed by atoms with Crippen molar-refractivity contribution in [2.45, 2.75) is 6.42 Å². The van der Waals surface area contributed by atoms with E-state index in [0.29, 0.717) is 0 Å². The van der Waals surface area contributed by atoms with Gasteiger partial charge in [0.25, 0.3) is 0 Å². The molecule has 2 rings (SSSR count). The van der Waals surface area contributed by atoms with Crippen LogP contribution in [0.2, 0.25) is 0 Å². The Bertz CT molecular complexity index is 476. The minimum absolute atomic E-state index is 0. The summed E-state index contributed by atoms with van der Waals surface area (Å²) >= 11 is 0. The molecule has 0 heterocycles. The summed E-state index contributed by atoms with van der Waals surface area (Å²) in [7, 11) is 15.0. The van der Waals surface area contributed by atoms with Crippen molar-refractivity contribution in [1.29, 1.82) is 0 Å². The van der Waals surface area contributed by atoms with Gasteiger partial charge in [-0.25, -0.2) is 0 Å². The molecule has 0 aliphatic rings. The van der Waals surface area contributed by atoms with Crippen LogP contribution in [0.25, 0.3) is 0 Å². The van der Waals surface area contributed by atoms with E-state index in [4.69, 9.17) is 0 Å². The van der Waals surface area contributed by atoms with E-state index < -0.39 is 0 Å². The molecule has 0 fully saturated rings. The maximum Gasteiger partial charge on any atom is 0 e. The van der Waals surface area contributed by atoms with Crippen molar-refractivity contribution in [3.05, 3.63) is 87.8 Å². The van der Waals surface area contributed by atoms with Crippen molar-refractivity contribution in [2.75, 3.05) is 9.80 Å². The van der Waals surface area contributed by atoms with Gasteiger partial charge in [-0.2, -0.15) is 0 Å². The molecule has 0 spiro atoms. The summed E-state index contributed by atoms with van der Waals surface area (Å²) in [6, 6.07) is 16.5. The maximum atomic E-state index is 3.75. The predicted molar refractivity (Wildman–Crippen MR) is 82.1 cm³/mol. The first kappa shape index (κ1) is 30.2.